The van der Waals surface area contributed by atoms with Gasteiger partial charge in [-0.3, -0.25) is 0 Å². The Bertz CT molecular complexity index is 1150. The van der Waals surface area contributed by atoms with Crippen molar-refractivity contribution in [3.05, 3.63) is 143 Å². The third-order valence-electron chi connectivity index (χ3n) is 5.51. The molecule has 4 aromatic rings. The van der Waals surface area contributed by atoms with Gasteiger partial charge in [0.05, 0.1) is 11.1 Å². The zero-order valence-electron chi connectivity index (χ0n) is 18.2. The van der Waals surface area contributed by atoms with Gasteiger partial charge in [-0.1, -0.05) is 84.9 Å². The van der Waals surface area contributed by atoms with Crippen molar-refractivity contribution < 1.29 is 31.1 Å². The second-order valence-electron chi connectivity index (χ2n) is 7.96. The highest BCUT2D eigenvalue weighted by Crippen LogP contribution is 2.39. The summed E-state index contributed by atoms with van der Waals surface area (Å²) >= 11 is 0. The highest BCUT2D eigenvalue weighted by Gasteiger charge is 2.33. The number of rotatable bonds is 6. The molecular formula is C28H20F6O. The molecule has 0 saturated heterocycles. The number of benzene rings is 4. The Morgan fingerprint density at radius 3 is 1.11 bits per heavy atom. The molecule has 0 bridgehead atoms. The highest BCUT2D eigenvalue weighted by molar-refractivity contribution is 5.37. The van der Waals surface area contributed by atoms with Gasteiger partial charge in [0, 0.05) is 0 Å². The molecule has 0 radical (unpaired) electrons. The molecule has 2 unspecified atom stereocenters. The summed E-state index contributed by atoms with van der Waals surface area (Å²) in [5.74, 6) is 0. The minimum absolute atomic E-state index is 0.235. The maximum absolute atomic E-state index is 13.4. The van der Waals surface area contributed by atoms with E-state index in [2.05, 4.69) is 0 Å². The van der Waals surface area contributed by atoms with Crippen LogP contribution in [0.5, 0.6) is 0 Å². The van der Waals surface area contributed by atoms with Gasteiger partial charge >= 0.3 is 12.4 Å². The van der Waals surface area contributed by atoms with Crippen LogP contribution in [0.15, 0.2) is 109 Å². The largest absolute Gasteiger partial charge is 0.416 e. The maximum atomic E-state index is 13.4. The summed E-state index contributed by atoms with van der Waals surface area (Å²) in [7, 11) is 0. The number of ether oxygens (including phenoxy) is 1. The molecule has 0 N–H and O–H groups in total. The summed E-state index contributed by atoms with van der Waals surface area (Å²) in [6.07, 6.45) is -11.1. The second kappa shape index (κ2) is 9.96. The van der Waals surface area contributed by atoms with E-state index in [9.17, 15) is 26.3 Å². The van der Waals surface area contributed by atoms with Gasteiger partial charge in [-0.2, -0.15) is 26.3 Å². The molecule has 0 aromatic heterocycles. The Labute approximate surface area is 198 Å². The summed E-state index contributed by atoms with van der Waals surface area (Å²) in [4.78, 5) is 0. The van der Waals surface area contributed by atoms with Crippen LogP contribution in [0.3, 0.4) is 0 Å². The lowest BCUT2D eigenvalue weighted by Crippen LogP contribution is -2.15. The van der Waals surface area contributed by atoms with E-state index in [1.165, 1.54) is 24.3 Å². The lowest BCUT2D eigenvalue weighted by molar-refractivity contribution is -0.138. The van der Waals surface area contributed by atoms with Crippen LogP contribution < -0.4 is 0 Å². The molecule has 0 aliphatic carbocycles. The highest BCUT2D eigenvalue weighted by atomic mass is 19.4. The zero-order valence-corrected chi connectivity index (χ0v) is 18.2. The molecule has 0 aliphatic heterocycles. The normalized spacial score (nSPS) is 13.9. The van der Waals surface area contributed by atoms with Crippen molar-refractivity contribution in [2.24, 2.45) is 0 Å². The quantitative estimate of drug-likeness (QED) is 0.248. The van der Waals surface area contributed by atoms with Crippen LogP contribution in [0, 0.1) is 0 Å². The topological polar surface area (TPSA) is 9.23 Å². The van der Waals surface area contributed by atoms with Crippen molar-refractivity contribution in [1.82, 2.24) is 0 Å². The SMILES string of the molecule is FC(F)(F)c1cccc(C(OC(c2ccccc2)c2cccc(C(F)(F)F)c2)c2ccccc2)c1. The van der Waals surface area contributed by atoms with Gasteiger partial charge in [-0.25, -0.2) is 0 Å². The molecule has 0 amide bonds. The van der Waals surface area contributed by atoms with Crippen molar-refractivity contribution in [3.63, 3.8) is 0 Å². The molecule has 0 saturated carbocycles. The van der Waals surface area contributed by atoms with Gasteiger partial charge in [0.2, 0.25) is 0 Å². The van der Waals surface area contributed by atoms with E-state index in [0.29, 0.717) is 11.1 Å². The van der Waals surface area contributed by atoms with E-state index in [-0.39, 0.29) is 11.1 Å². The van der Waals surface area contributed by atoms with Crippen LogP contribution in [-0.4, -0.2) is 0 Å². The summed E-state index contributed by atoms with van der Waals surface area (Å²) in [5, 5.41) is 0. The number of halogens is 6. The summed E-state index contributed by atoms with van der Waals surface area (Å²) in [6, 6.07) is 26.8. The lowest BCUT2D eigenvalue weighted by Gasteiger charge is -2.27. The van der Waals surface area contributed by atoms with Gasteiger partial charge in [-0.05, 0) is 46.5 Å². The third-order valence-corrected chi connectivity index (χ3v) is 5.51. The van der Waals surface area contributed by atoms with Gasteiger partial charge in [0.25, 0.3) is 0 Å². The predicted octanol–water partition coefficient (Wildman–Crippen LogP) is 8.62. The first-order valence-corrected chi connectivity index (χ1v) is 10.7. The van der Waals surface area contributed by atoms with Crippen molar-refractivity contribution in [3.8, 4) is 0 Å². The first-order valence-electron chi connectivity index (χ1n) is 10.7. The van der Waals surface area contributed by atoms with Gasteiger partial charge in [0.15, 0.2) is 0 Å². The van der Waals surface area contributed by atoms with Gasteiger partial charge in [-0.15, -0.1) is 0 Å². The van der Waals surface area contributed by atoms with Crippen molar-refractivity contribution >= 4 is 0 Å². The standard InChI is InChI=1S/C28H20F6O/c29-27(30,31)23-15-7-13-21(17-23)25(19-9-3-1-4-10-19)35-26(20-11-5-2-6-12-20)22-14-8-16-24(18-22)28(32,33)34/h1-18,25-26H. The lowest BCUT2D eigenvalue weighted by atomic mass is 9.96. The second-order valence-corrected chi connectivity index (χ2v) is 7.96. The van der Waals surface area contributed by atoms with Crippen LogP contribution in [0.2, 0.25) is 0 Å². The molecule has 35 heavy (non-hydrogen) atoms. The molecule has 0 spiro atoms. The Morgan fingerprint density at radius 2 is 0.771 bits per heavy atom. The van der Waals surface area contributed by atoms with Crippen LogP contribution >= 0.6 is 0 Å². The zero-order chi connectivity index (χ0) is 25.1. The fraction of sp³-hybridized carbons (Fsp3) is 0.143. The van der Waals surface area contributed by atoms with E-state index in [1.54, 1.807) is 60.7 Å². The summed E-state index contributed by atoms with van der Waals surface area (Å²) in [6.45, 7) is 0. The van der Waals surface area contributed by atoms with E-state index < -0.39 is 35.7 Å². The maximum Gasteiger partial charge on any atom is 0.416 e. The summed E-state index contributed by atoms with van der Waals surface area (Å²) in [5.41, 5.74) is -0.0675. The Morgan fingerprint density at radius 1 is 0.429 bits per heavy atom. The molecule has 7 heteroatoms. The molecular weight excluding hydrogens is 466 g/mol. The first-order chi connectivity index (χ1) is 16.6. The Kier molecular flexibility index (Phi) is 6.98. The molecule has 0 aliphatic rings. The molecule has 0 fully saturated rings. The van der Waals surface area contributed by atoms with Crippen molar-refractivity contribution in [2.75, 3.05) is 0 Å². The fourth-order valence-electron chi connectivity index (χ4n) is 3.85. The van der Waals surface area contributed by atoms with Crippen molar-refractivity contribution in [2.45, 2.75) is 24.6 Å². The van der Waals surface area contributed by atoms with Crippen molar-refractivity contribution in [1.29, 1.82) is 0 Å². The molecule has 4 aromatic carbocycles. The van der Waals surface area contributed by atoms with Crippen LogP contribution in [0.4, 0.5) is 26.3 Å². The number of alkyl halides is 6. The van der Waals surface area contributed by atoms with E-state index in [0.717, 1.165) is 24.3 Å². The smallest absolute Gasteiger partial charge is 0.356 e. The van der Waals surface area contributed by atoms with E-state index in [4.69, 9.17) is 4.74 Å². The monoisotopic (exact) mass is 486 g/mol. The fourth-order valence-corrected chi connectivity index (χ4v) is 3.85. The first kappa shape index (κ1) is 24.5. The Hall–Kier alpha value is -3.58. The minimum atomic E-state index is -4.56. The van der Waals surface area contributed by atoms with Crippen LogP contribution in [0.25, 0.3) is 0 Å². The van der Waals surface area contributed by atoms with Gasteiger partial charge in [0.1, 0.15) is 12.2 Å². The molecule has 180 valence electrons. The predicted molar refractivity (Wildman–Crippen MR) is 121 cm³/mol. The molecule has 1 nitrogen and oxygen atoms in total. The Balaban J connectivity index is 1.84. The molecule has 4 rings (SSSR count). The minimum Gasteiger partial charge on any atom is -0.356 e. The molecule has 2 atom stereocenters. The average Bonchev–Trinajstić information content (AvgIpc) is 2.85. The van der Waals surface area contributed by atoms with Gasteiger partial charge < -0.3 is 4.74 Å². The number of hydrogen-bond acceptors (Lipinski definition) is 1. The number of hydrogen-bond donors (Lipinski definition) is 0. The van der Waals surface area contributed by atoms with Crippen LogP contribution in [-0.2, 0) is 17.1 Å². The third kappa shape index (κ3) is 5.92. The van der Waals surface area contributed by atoms with E-state index in [1.807, 2.05) is 0 Å². The average molecular weight is 486 g/mol. The van der Waals surface area contributed by atoms with Crippen LogP contribution in [0.1, 0.15) is 45.6 Å². The summed E-state index contributed by atoms with van der Waals surface area (Å²) < 4.78 is 87.0. The van der Waals surface area contributed by atoms with E-state index >= 15 is 0 Å². The molecule has 0 heterocycles.